The van der Waals surface area contributed by atoms with Crippen molar-refractivity contribution in [2.24, 2.45) is 0 Å². The normalized spacial score (nSPS) is 16.8. The van der Waals surface area contributed by atoms with Crippen LogP contribution < -0.4 is 5.48 Å². The minimum Gasteiger partial charge on any atom is -0.364 e. The first-order chi connectivity index (χ1) is 11.1. The number of nitrogens with zero attached hydrogens (tertiary/aromatic N) is 1. The zero-order valence-corrected chi connectivity index (χ0v) is 14.5. The molecule has 2 atom stereocenters. The van der Waals surface area contributed by atoms with Gasteiger partial charge in [-0.25, -0.2) is 13.9 Å². The maximum atomic E-state index is 12.3. The third-order valence-corrected chi connectivity index (χ3v) is 6.47. The average Bonchev–Trinajstić information content (AvgIpc) is 3.08. The lowest BCUT2D eigenvalue weighted by molar-refractivity contribution is -0.132. The lowest BCUT2D eigenvalue weighted by atomic mass is 9.73. The molecule has 0 saturated carbocycles. The van der Waals surface area contributed by atoms with Crippen molar-refractivity contribution in [1.29, 1.82) is 0 Å². The minimum absolute atomic E-state index is 0.123. The maximum Gasteiger partial charge on any atom is 0.264 e. The summed E-state index contributed by atoms with van der Waals surface area (Å²) in [6.07, 6.45) is 2.23. The van der Waals surface area contributed by atoms with Crippen molar-refractivity contribution in [3.8, 4) is 0 Å². The second-order valence-electron chi connectivity index (χ2n) is 6.20. The molecule has 1 aromatic carbocycles. The summed E-state index contributed by atoms with van der Waals surface area (Å²) in [5, 5.41) is 13.0. The first-order valence-electron chi connectivity index (χ1n) is 7.26. The van der Waals surface area contributed by atoms with Gasteiger partial charge >= 0.3 is 0 Å². The smallest absolute Gasteiger partial charge is 0.264 e. The molecule has 1 heterocycles. The molecule has 0 aliphatic heterocycles. The van der Waals surface area contributed by atoms with Gasteiger partial charge in [0.1, 0.15) is 6.26 Å². The zero-order valence-electron chi connectivity index (χ0n) is 13.7. The monoisotopic (exact) mass is 352 g/mol. The summed E-state index contributed by atoms with van der Waals surface area (Å²) in [6, 6.07) is 10.8. The molecule has 0 radical (unpaired) electrons. The van der Waals surface area contributed by atoms with E-state index < -0.39 is 25.9 Å². The third-order valence-electron chi connectivity index (χ3n) is 4.51. The highest BCUT2D eigenvalue weighted by Crippen LogP contribution is 2.40. The van der Waals surface area contributed by atoms with E-state index in [1.807, 2.05) is 30.3 Å². The fourth-order valence-corrected chi connectivity index (χ4v) is 3.75. The standard InChI is InChI=1S/C16H20N2O5S/c1-15(13-9-10-23-18-13,12-7-5-4-6-8-12)11-16(2,14(19)17-20)24(3,21)22/h4-10,20H,11H2,1-3H3,(H,17,19). The van der Waals surface area contributed by atoms with Crippen molar-refractivity contribution in [2.45, 2.75) is 30.4 Å². The Morgan fingerprint density at radius 2 is 1.88 bits per heavy atom. The predicted octanol–water partition coefficient (Wildman–Crippen LogP) is 1.68. The van der Waals surface area contributed by atoms with Gasteiger partial charge in [0, 0.05) is 17.7 Å². The van der Waals surface area contributed by atoms with E-state index in [0.29, 0.717) is 5.69 Å². The van der Waals surface area contributed by atoms with Crippen LogP contribution in [0.15, 0.2) is 47.2 Å². The molecular formula is C16H20N2O5S. The Morgan fingerprint density at radius 1 is 1.25 bits per heavy atom. The van der Waals surface area contributed by atoms with Gasteiger partial charge in [-0.1, -0.05) is 35.5 Å². The molecule has 2 N–H and O–H groups in total. The van der Waals surface area contributed by atoms with Gasteiger partial charge in [0.25, 0.3) is 5.91 Å². The molecule has 2 rings (SSSR count). The third kappa shape index (κ3) is 3.07. The molecule has 0 fully saturated rings. The summed E-state index contributed by atoms with van der Waals surface area (Å²) in [4.78, 5) is 12.2. The highest BCUT2D eigenvalue weighted by atomic mass is 32.2. The Balaban J connectivity index is 2.63. The van der Waals surface area contributed by atoms with Gasteiger partial charge in [-0.2, -0.15) is 0 Å². The number of sulfone groups is 1. The van der Waals surface area contributed by atoms with Crippen molar-refractivity contribution in [1.82, 2.24) is 10.6 Å². The molecule has 2 aromatic rings. The molecule has 1 amide bonds. The first kappa shape index (κ1) is 18.2. The molecule has 0 saturated heterocycles. The van der Waals surface area contributed by atoms with Crippen molar-refractivity contribution < 1.29 is 22.9 Å². The second-order valence-corrected chi connectivity index (χ2v) is 8.65. The molecule has 7 nitrogen and oxygen atoms in total. The van der Waals surface area contributed by atoms with Crippen LogP contribution in [-0.4, -0.2) is 35.7 Å². The van der Waals surface area contributed by atoms with E-state index in [4.69, 9.17) is 9.73 Å². The highest BCUT2D eigenvalue weighted by Gasteiger charge is 2.50. The van der Waals surface area contributed by atoms with Crippen LogP contribution in [-0.2, 0) is 20.0 Å². The topological polar surface area (TPSA) is 110 Å². The van der Waals surface area contributed by atoms with Crippen LogP contribution in [0.1, 0.15) is 31.5 Å². The Bertz CT molecular complexity index is 804. The Labute approximate surface area is 140 Å². The van der Waals surface area contributed by atoms with Gasteiger partial charge in [-0.3, -0.25) is 10.0 Å². The van der Waals surface area contributed by atoms with Gasteiger partial charge < -0.3 is 4.52 Å². The lowest BCUT2D eigenvalue weighted by Crippen LogP contribution is -2.52. The number of rotatable bonds is 6. The number of aromatic nitrogens is 1. The van der Waals surface area contributed by atoms with E-state index in [0.717, 1.165) is 11.8 Å². The van der Waals surface area contributed by atoms with Crippen LogP contribution in [0.5, 0.6) is 0 Å². The zero-order chi connectivity index (χ0) is 18.0. The first-order valence-corrected chi connectivity index (χ1v) is 9.15. The summed E-state index contributed by atoms with van der Waals surface area (Å²) >= 11 is 0. The number of carbonyl (C=O) groups is 1. The summed E-state index contributed by atoms with van der Waals surface area (Å²) in [5.74, 6) is -0.990. The Kier molecular flexibility index (Phi) is 4.82. The van der Waals surface area contributed by atoms with E-state index in [-0.39, 0.29) is 6.42 Å². The predicted molar refractivity (Wildman–Crippen MR) is 87.2 cm³/mol. The van der Waals surface area contributed by atoms with Gasteiger partial charge in [-0.05, 0) is 25.8 Å². The van der Waals surface area contributed by atoms with Gasteiger partial charge in [-0.15, -0.1) is 0 Å². The van der Waals surface area contributed by atoms with E-state index in [9.17, 15) is 13.2 Å². The van der Waals surface area contributed by atoms with Gasteiger partial charge in [0.2, 0.25) is 0 Å². The van der Waals surface area contributed by atoms with Gasteiger partial charge in [0.05, 0.1) is 5.69 Å². The molecule has 1 aromatic heterocycles. The molecule has 24 heavy (non-hydrogen) atoms. The Morgan fingerprint density at radius 3 is 2.33 bits per heavy atom. The van der Waals surface area contributed by atoms with Crippen LogP contribution in [0.3, 0.4) is 0 Å². The molecule has 130 valence electrons. The minimum atomic E-state index is -3.84. The van der Waals surface area contributed by atoms with E-state index in [2.05, 4.69) is 5.16 Å². The number of amides is 1. The van der Waals surface area contributed by atoms with Crippen LogP contribution in [0.25, 0.3) is 0 Å². The van der Waals surface area contributed by atoms with E-state index in [1.54, 1.807) is 13.0 Å². The number of benzene rings is 1. The quantitative estimate of drug-likeness (QED) is 0.605. The van der Waals surface area contributed by atoms with Crippen LogP contribution in [0.2, 0.25) is 0 Å². The fraction of sp³-hybridized carbons (Fsp3) is 0.375. The summed E-state index contributed by atoms with van der Waals surface area (Å²) in [6.45, 7) is 3.07. The average molecular weight is 352 g/mol. The summed E-state index contributed by atoms with van der Waals surface area (Å²) < 4.78 is 27.7. The molecular weight excluding hydrogens is 332 g/mol. The number of hydrogen-bond acceptors (Lipinski definition) is 6. The molecule has 0 bridgehead atoms. The molecule has 0 aliphatic carbocycles. The molecule has 0 spiro atoms. The number of nitrogens with one attached hydrogen (secondary N) is 1. The largest absolute Gasteiger partial charge is 0.364 e. The van der Waals surface area contributed by atoms with Crippen LogP contribution >= 0.6 is 0 Å². The number of hydrogen-bond donors (Lipinski definition) is 2. The van der Waals surface area contributed by atoms with Gasteiger partial charge in [0.15, 0.2) is 14.6 Å². The maximum absolute atomic E-state index is 12.3. The summed E-state index contributed by atoms with van der Waals surface area (Å²) in [5.41, 5.74) is 1.82. The SMILES string of the molecule is CC(CC(C)(C(=O)NO)S(C)(=O)=O)(c1ccccc1)c1ccon1. The fourth-order valence-electron chi connectivity index (χ4n) is 2.82. The summed E-state index contributed by atoms with van der Waals surface area (Å²) in [7, 11) is -3.84. The molecule has 0 aliphatic rings. The van der Waals surface area contributed by atoms with Crippen molar-refractivity contribution >= 4 is 15.7 Å². The molecule has 8 heteroatoms. The van der Waals surface area contributed by atoms with E-state index >= 15 is 0 Å². The van der Waals surface area contributed by atoms with Crippen molar-refractivity contribution in [3.05, 3.63) is 53.9 Å². The van der Waals surface area contributed by atoms with Crippen LogP contribution in [0, 0.1) is 0 Å². The van der Waals surface area contributed by atoms with Crippen molar-refractivity contribution in [3.63, 3.8) is 0 Å². The van der Waals surface area contributed by atoms with Crippen LogP contribution in [0.4, 0.5) is 0 Å². The lowest BCUT2D eigenvalue weighted by Gasteiger charge is -2.36. The van der Waals surface area contributed by atoms with Crippen molar-refractivity contribution in [2.75, 3.05) is 6.26 Å². The van der Waals surface area contributed by atoms with E-state index in [1.165, 1.54) is 18.7 Å². The molecule has 2 unspecified atom stereocenters. The highest BCUT2D eigenvalue weighted by molar-refractivity contribution is 7.92. The number of hydroxylamine groups is 1. The number of carbonyl (C=O) groups excluding carboxylic acids is 1. The second kappa shape index (κ2) is 6.37. The Hall–Kier alpha value is -2.19.